The Morgan fingerprint density at radius 2 is 2.18 bits per heavy atom. The first-order valence-electron chi connectivity index (χ1n) is 6.10. The Labute approximate surface area is 102 Å². The number of rotatable bonds is 7. The lowest BCUT2D eigenvalue weighted by molar-refractivity contribution is 0.130. The highest BCUT2D eigenvalue weighted by Gasteiger charge is 2.21. The number of nitrogens with zero attached hydrogens (tertiary/aromatic N) is 3. The summed E-state index contributed by atoms with van der Waals surface area (Å²) in [7, 11) is 1.99. The number of hydrogen-bond acceptors (Lipinski definition) is 5. The molecule has 0 radical (unpaired) electrons. The largest absolute Gasteiger partial charge is 0.379 e. The van der Waals surface area contributed by atoms with Gasteiger partial charge in [0.2, 0.25) is 0 Å². The monoisotopic (exact) mass is 236 g/mol. The van der Waals surface area contributed by atoms with Crippen molar-refractivity contribution in [3.8, 4) is 0 Å². The summed E-state index contributed by atoms with van der Waals surface area (Å²) >= 11 is 0. The van der Waals surface area contributed by atoms with Crippen LogP contribution in [0.25, 0.3) is 0 Å². The van der Waals surface area contributed by atoms with E-state index in [9.17, 15) is 0 Å². The van der Waals surface area contributed by atoms with Crippen LogP contribution in [0.2, 0.25) is 0 Å². The van der Waals surface area contributed by atoms with Crippen molar-refractivity contribution in [2.45, 2.75) is 19.4 Å². The van der Waals surface area contributed by atoms with E-state index < -0.39 is 0 Å². The molecule has 0 bridgehead atoms. The van der Waals surface area contributed by atoms with Gasteiger partial charge in [-0.1, -0.05) is 0 Å². The summed E-state index contributed by atoms with van der Waals surface area (Å²) in [5.41, 5.74) is 6.46. The second-order valence-electron chi connectivity index (χ2n) is 4.47. The quantitative estimate of drug-likeness (QED) is 0.709. The zero-order chi connectivity index (χ0) is 12.1. The van der Waals surface area contributed by atoms with Crippen LogP contribution in [0, 0.1) is 5.92 Å². The molecule has 5 nitrogen and oxygen atoms in total. The molecule has 2 N–H and O–H groups in total. The van der Waals surface area contributed by atoms with E-state index >= 15 is 0 Å². The first-order valence-corrected chi connectivity index (χ1v) is 6.10. The highest BCUT2D eigenvalue weighted by Crippen LogP contribution is 2.28. The summed E-state index contributed by atoms with van der Waals surface area (Å²) in [5.74, 6) is 1.67. The Morgan fingerprint density at radius 1 is 1.41 bits per heavy atom. The maximum Gasteiger partial charge on any atom is 0.151 e. The lowest BCUT2D eigenvalue weighted by atomic mass is 10.3. The third kappa shape index (κ3) is 3.64. The molecule has 1 aromatic rings. The van der Waals surface area contributed by atoms with Crippen molar-refractivity contribution >= 4 is 5.82 Å². The molecular formula is C12H20N4O. The summed E-state index contributed by atoms with van der Waals surface area (Å²) in [6.45, 7) is 2.86. The third-order valence-electron chi connectivity index (χ3n) is 2.93. The van der Waals surface area contributed by atoms with Crippen LogP contribution >= 0.6 is 0 Å². The Hall–Kier alpha value is -1.20. The van der Waals surface area contributed by atoms with Gasteiger partial charge in [0.05, 0.1) is 12.3 Å². The number of nitrogens with two attached hydrogens (primary N) is 1. The fraction of sp³-hybridized carbons (Fsp3) is 0.667. The van der Waals surface area contributed by atoms with Crippen LogP contribution in [0.3, 0.4) is 0 Å². The SMILES string of the molecule is CN(CCOCC1CC1)c1nccnc1CN. The van der Waals surface area contributed by atoms with Gasteiger partial charge in [0.15, 0.2) is 5.82 Å². The minimum Gasteiger partial charge on any atom is -0.379 e. The molecule has 1 aliphatic rings. The van der Waals surface area contributed by atoms with E-state index in [-0.39, 0.29) is 0 Å². The molecule has 1 aromatic heterocycles. The van der Waals surface area contributed by atoms with Gasteiger partial charge in [0.25, 0.3) is 0 Å². The van der Waals surface area contributed by atoms with Gasteiger partial charge in [-0.25, -0.2) is 4.98 Å². The van der Waals surface area contributed by atoms with Gasteiger partial charge in [-0.15, -0.1) is 0 Å². The van der Waals surface area contributed by atoms with Gasteiger partial charge in [0.1, 0.15) is 0 Å². The van der Waals surface area contributed by atoms with Gasteiger partial charge >= 0.3 is 0 Å². The summed E-state index contributed by atoms with van der Waals surface area (Å²) in [4.78, 5) is 10.6. The standard InChI is InChI=1S/C12H20N4O/c1-16(6-7-17-9-10-2-3-10)12-11(8-13)14-4-5-15-12/h4-5,10H,2-3,6-9,13H2,1H3. The van der Waals surface area contributed by atoms with E-state index in [1.165, 1.54) is 12.8 Å². The molecule has 1 heterocycles. The number of hydrogen-bond donors (Lipinski definition) is 1. The molecule has 0 amide bonds. The number of aromatic nitrogens is 2. The van der Waals surface area contributed by atoms with Crippen molar-refractivity contribution in [1.29, 1.82) is 0 Å². The molecule has 94 valence electrons. The molecule has 0 unspecified atom stereocenters. The minimum atomic E-state index is 0.413. The summed E-state index contributed by atoms with van der Waals surface area (Å²) in [6.07, 6.45) is 6.02. The van der Waals surface area contributed by atoms with Gasteiger partial charge in [-0.05, 0) is 18.8 Å². The molecule has 5 heteroatoms. The molecule has 0 aliphatic heterocycles. The molecule has 2 rings (SSSR count). The van der Waals surface area contributed by atoms with Crippen LogP contribution < -0.4 is 10.6 Å². The van der Waals surface area contributed by atoms with Crippen molar-refractivity contribution in [2.24, 2.45) is 11.7 Å². The lowest BCUT2D eigenvalue weighted by Crippen LogP contribution is -2.26. The predicted molar refractivity (Wildman–Crippen MR) is 66.7 cm³/mol. The van der Waals surface area contributed by atoms with Gasteiger partial charge in [-0.2, -0.15) is 0 Å². The fourth-order valence-electron chi connectivity index (χ4n) is 1.66. The van der Waals surface area contributed by atoms with Gasteiger partial charge in [0, 0.05) is 39.1 Å². The van der Waals surface area contributed by atoms with E-state index in [1.807, 2.05) is 11.9 Å². The van der Waals surface area contributed by atoms with Crippen molar-refractivity contribution < 1.29 is 4.74 Å². The van der Waals surface area contributed by atoms with Crippen LogP contribution in [-0.2, 0) is 11.3 Å². The zero-order valence-electron chi connectivity index (χ0n) is 10.3. The molecule has 17 heavy (non-hydrogen) atoms. The van der Waals surface area contributed by atoms with E-state index in [2.05, 4.69) is 9.97 Å². The van der Waals surface area contributed by atoms with Crippen LogP contribution in [0.15, 0.2) is 12.4 Å². The molecule has 0 saturated heterocycles. The number of likely N-dealkylation sites (N-methyl/N-ethyl adjacent to an activating group) is 1. The fourth-order valence-corrected chi connectivity index (χ4v) is 1.66. The van der Waals surface area contributed by atoms with Crippen LogP contribution in [0.4, 0.5) is 5.82 Å². The normalized spacial score (nSPS) is 14.9. The molecule has 0 aromatic carbocycles. The average molecular weight is 236 g/mol. The Balaban J connectivity index is 1.78. The summed E-state index contributed by atoms with van der Waals surface area (Å²) in [6, 6.07) is 0. The van der Waals surface area contributed by atoms with Crippen molar-refractivity contribution in [3.63, 3.8) is 0 Å². The Morgan fingerprint density at radius 3 is 2.88 bits per heavy atom. The smallest absolute Gasteiger partial charge is 0.151 e. The van der Waals surface area contributed by atoms with E-state index in [0.717, 1.165) is 37.2 Å². The molecular weight excluding hydrogens is 216 g/mol. The lowest BCUT2D eigenvalue weighted by Gasteiger charge is -2.19. The molecule has 1 saturated carbocycles. The first-order chi connectivity index (χ1) is 8.31. The highest BCUT2D eigenvalue weighted by molar-refractivity contribution is 5.41. The van der Waals surface area contributed by atoms with E-state index in [4.69, 9.17) is 10.5 Å². The van der Waals surface area contributed by atoms with Crippen molar-refractivity contribution in [2.75, 3.05) is 31.7 Å². The first kappa shape index (κ1) is 12.3. The second-order valence-corrected chi connectivity index (χ2v) is 4.47. The molecule has 1 aliphatic carbocycles. The second kappa shape index (κ2) is 5.93. The highest BCUT2D eigenvalue weighted by atomic mass is 16.5. The Kier molecular flexibility index (Phi) is 4.28. The maximum atomic E-state index is 5.63. The summed E-state index contributed by atoms with van der Waals surface area (Å²) < 4.78 is 5.60. The average Bonchev–Trinajstić information content (AvgIpc) is 3.18. The summed E-state index contributed by atoms with van der Waals surface area (Å²) in [5, 5.41) is 0. The van der Waals surface area contributed by atoms with Crippen molar-refractivity contribution in [1.82, 2.24) is 9.97 Å². The zero-order valence-corrected chi connectivity index (χ0v) is 10.3. The topological polar surface area (TPSA) is 64.3 Å². The van der Waals surface area contributed by atoms with E-state index in [1.54, 1.807) is 12.4 Å². The maximum absolute atomic E-state index is 5.63. The molecule has 1 fully saturated rings. The molecule has 0 spiro atoms. The number of ether oxygens (including phenoxy) is 1. The molecule has 0 atom stereocenters. The third-order valence-corrected chi connectivity index (χ3v) is 2.93. The predicted octanol–water partition coefficient (Wildman–Crippen LogP) is 0.798. The minimum absolute atomic E-state index is 0.413. The van der Waals surface area contributed by atoms with E-state index in [0.29, 0.717) is 6.54 Å². The van der Waals surface area contributed by atoms with Crippen molar-refractivity contribution in [3.05, 3.63) is 18.1 Å². The van der Waals surface area contributed by atoms with Gasteiger partial charge in [-0.3, -0.25) is 4.98 Å². The Bertz CT molecular complexity index is 354. The van der Waals surface area contributed by atoms with Crippen LogP contribution in [-0.4, -0.2) is 36.8 Å². The van der Waals surface area contributed by atoms with Crippen LogP contribution in [0.1, 0.15) is 18.5 Å². The van der Waals surface area contributed by atoms with Gasteiger partial charge < -0.3 is 15.4 Å². The van der Waals surface area contributed by atoms with Crippen LogP contribution in [0.5, 0.6) is 0 Å². The number of anilines is 1.